The van der Waals surface area contributed by atoms with Crippen molar-refractivity contribution in [3.8, 4) is 0 Å². The third kappa shape index (κ3) is 6.23. The minimum Gasteiger partial charge on any atom is -0.399 e. The first-order valence-corrected chi connectivity index (χ1v) is 13.6. The minimum atomic E-state index is -0.358. The molecule has 0 saturated carbocycles. The molecule has 2 aromatic heterocycles. The molecule has 0 saturated heterocycles. The molecular formula is C29H39N7O3. The van der Waals surface area contributed by atoms with Crippen LogP contribution in [-0.2, 0) is 32.5 Å². The SMILES string of the molecule is CCCn1c(=O)c2c(nc(Cc3ccc(N)cc3)n2CCN(CC)CCO)n(CCc2ccccc2N)c1=O. The van der Waals surface area contributed by atoms with Gasteiger partial charge in [0, 0.05) is 50.5 Å². The number of benzene rings is 2. The predicted molar refractivity (Wildman–Crippen MR) is 156 cm³/mol. The Morgan fingerprint density at radius 2 is 1.64 bits per heavy atom. The first-order chi connectivity index (χ1) is 18.9. The maximum atomic E-state index is 13.8. The quantitative estimate of drug-likeness (QED) is 0.224. The number of hydrogen-bond acceptors (Lipinski definition) is 7. The van der Waals surface area contributed by atoms with Crippen LogP contribution in [0.25, 0.3) is 11.2 Å². The molecule has 2 heterocycles. The average molecular weight is 534 g/mol. The Morgan fingerprint density at radius 3 is 2.31 bits per heavy atom. The summed E-state index contributed by atoms with van der Waals surface area (Å²) in [6, 6.07) is 15.2. The highest BCUT2D eigenvalue weighted by Gasteiger charge is 2.22. The molecule has 2 aromatic carbocycles. The molecular weight excluding hydrogens is 494 g/mol. The van der Waals surface area contributed by atoms with E-state index in [2.05, 4.69) is 4.90 Å². The van der Waals surface area contributed by atoms with E-state index in [1.165, 1.54) is 4.57 Å². The van der Waals surface area contributed by atoms with E-state index in [1.807, 2.05) is 66.9 Å². The lowest BCUT2D eigenvalue weighted by Crippen LogP contribution is -2.41. The molecule has 4 aromatic rings. The molecule has 0 radical (unpaired) electrons. The van der Waals surface area contributed by atoms with E-state index in [4.69, 9.17) is 16.5 Å². The zero-order valence-corrected chi connectivity index (χ0v) is 22.8. The molecule has 39 heavy (non-hydrogen) atoms. The summed E-state index contributed by atoms with van der Waals surface area (Å²) in [6.07, 6.45) is 1.67. The number of fused-ring (bicyclic) bond motifs is 1. The number of rotatable bonds is 13. The Bertz CT molecular complexity index is 1520. The van der Waals surface area contributed by atoms with Crippen LogP contribution in [0.1, 0.15) is 37.2 Å². The van der Waals surface area contributed by atoms with Gasteiger partial charge in [0.05, 0.1) is 6.61 Å². The van der Waals surface area contributed by atoms with Crippen molar-refractivity contribution in [1.29, 1.82) is 0 Å². The largest absolute Gasteiger partial charge is 0.399 e. The number of imidazole rings is 1. The predicted octanol–water partition coefficient (Wildman–Crippen LogP) is 2.08. The van der Waals surface area contributed by atoms with Crippen LogP contribution in [0.3, 0.4) is 0 Å². The number of aliphatic hydroxyl groups excluding tert-OH is 1. The van der Waals surface area contributed by atoms with Gasteiger partial charge in [0.1, 0.15) is 5.82 Å². The highest BCUT2D eigenvalue weighted by Crippen LogP contribution is 2.18. The van der Waals surface area contributed by atoms with E-state index in [0.29, 0.717) is 80.3 Å². The number of aliphatic hydroxyl groups is 1. The molecule has 0 unspecified atom stereocenters. The molecule has 0 amide bonds. The van der Waals surface area contributed by atoms with E-state index in [-0.39, 0.29) is 17.9 Å². The number of nitrogen functional groups attached to an aromatic ring is 2. The van der Waals surface area contributed by atoms with Crippen LogP contribution in [0.5, 0.6) is 0 Å². The van der Waals surface area contributed by atoms with Gasteiger partial charge in [-0.25, -0.2) is 9.78 Å². The Labute approximate surface area is 228 Å². The van der Waals surface area contributed by atoms with Crippen molar-refractivity contribution < 1.29 is 5.11 Å². The number of anilines is 2. The van der Waals surface area contributed by atoms with Gasteiger partial charge in [-0.15, -0.1) is 0 Å². The van der Waals surface area contributed by atoms with Crippen LogP contribution in [0, 0.1) is 0 Å². The fourth-order valence-electron chi connectivity index (χ4n) is 4.96. The van der Waals surface area contributed by atoms with E-state index < -0.39 is 0 Å². The lowest BCUT2D eigenvalue weighted by atomic mass is 10.1. The monoisotopic (exact) mass is 533 g/mol. The van der Waals surface area contributed by atoms with Gasteiger partial charge in [0.15, 0.2) is 11.2 Å². The standard InChI is InChI=1S/C29H39N7O3/c1-3-14-36-28(38)26-27(35(29(36)39)15-13-22-7-5-6-8-24(22)31)32-25(20-21-9-11-23(30)12-10-21)34(26)17-16-33(4-2)18-19-37/h5-12,37H,3-4,13-20,30-31H2,1-2H3. The normalized spacial score (nSPS) is 11.6. The van der Waals surface area contributed by atoms with Crippen LogP contribution in [0.2, 0.25) is 0 Å². The Hall–Kier alpha value is -3.89. The Kier molecular flexibility index (Phi) is 9.21. The molecule has 208 valence electrons. The van der Waals surface area contributed by atoms with Crippen molar-refractivity contribution in [2.75, 3.05) is 37.7 Å². The van der Waals surface area contributed by atoms with Crippen LogP contribution >= 0.6 is 0 Å². The van der Waals surface area contributed by atoms with Gasteiger partial charge in [-0.05, 0) is 48.7 Å². The molecule has 0 spiro atoms. The van der Waals surface area contributed by atoms with Crippen LogP contribution in [0.4, 0.5) is 11.4 Å². The van der Waals surface area contributed by atoms with Crippen LogP contribution in [0.15, 0.2) is 58.1 Å². The first kappa shape index (κ1) is 28.1. The molecule has 5 N–H and O–H groups in total. The molecule has 0 bridgehead atoms. The second-order valence-electron chi connectivity index (χ2n) is 9.77. The Morgan fingerprint density at radius 1 is 0.897 bits per heavy atom. The first-order valence-electron chi connectivity index (χ1n) is 13.6. The van der Waals surface area contributed by atoms with E-state index in [9.17, 15) is 14.7 Å². The van der Waals surface area contributed by atoms with Gasteiger partial charge in [0.2, 0.25) is 0 Å². The summed E-state index contributed by atoms with van der Waals surface area (Å²) >= 11 is 0. The van der Waals surface area contributed by atoms with Crippen molar-refractivity contribution in [2.45, 2.75) is 52.7 Å². The van der Waals surface area contributed by atoms with E-state index >= 15 is 0 Å². The smallest absolute Gasteiger partial charge is 0.332 e. The second kappa shape index (κ2) is 12.8. The maximum absolute atomic E-state index is 13.8. The van der Waals surface area contributed by atoms with Crippen molar-refractivity contribution in [3.05, 3.63) is 86.3 Å². The molecule has 0 aliphatic heterocycles. The lowest BCUT2D eigenvalue weighted by molar-refractivity contribution is 0.197. The molecule has 10 nitrogen and oxygen atoms in total. The molecule has 0 aliphatic carbocycles. The van der Waals surface area contributed by atoms with Crippen molar-refractivity contribution in [3.63, 3.8) is 0 Å². The van der Waals surface area contributed by atoms with Crippen molar-refractivity contribution in [1.82, 2.24) is 23.6 Å². The van der Waals surface area contributed by atoms with E-state index in [0.717, 1.165) is 17.7 Å². The third-order valence-corrected chi connectivity index (χ3v) is 7.15. The average Bonchev–Trinajstić information content (AvgIpc) is 3.28. The number of para-hydroxylation sites is 1. The summed E-state index contributed by atoms with van der Waals surface area (Å²) in [5.41, 5.74) is 15.5. The lowest BCUT2D eigenvalue weighted by Gasteiger charge is -2.20. The summed E-state index contributed by atoms with van der Waals surface area (Å²) in [5, 5.41) is 9.48. The zero-order valence-electron chi connectivity index (χ0n) is 22.8. The Balaban J connectivity index is 1.87. The molecule has 4 rings (SSSR count). The number of likely N-dealkylation sites (N-methyl/N-ethyl adjacent to an activating group) is 1. The van der Waals surface area contributed by atoms with Gasteiger partial charge in [-0.1, -0.05) is 44.2 Å². The third-order valence-electron chi connectivity index (χ3n) is 7.15. The number of hydrogen-bond donors (Lipinski definition) is 3. The molecule has 10 heteroatoms. The fraction of sp³-hybridized carbons (Fsp3) is 0.414. The summed E-state index contributed by atoms with van der Waals surface area (Å²) in [6.45, 7) is 7.15. The summed E-state index contributed by atoms with van der Waals surface area (Å²) in [4.78, 5) is 34.4. The van der Waals surface area contributed by atoms with E-state index in [1.54, 1.807) is 4.57 Å². The van der Waals surface area contributed by atoms with Gasteiger partial charge < -0.3 is 21.1 Å². The second-order valence-corrected chi connectivity index (χ2v) is 9.77. The number of nitrogens with zero attached hydrogens (tertiary/aromatic N) is 5. The highest BCUT2D eigenvalue weighted by atomic mass is 16.3. The van der Waals surface area contributed by atoms with Crippen molar-refractivity contribution in [2.24, 2.45) is 0 Å². The summed E-state index contributed by atoms with van der Waals surface area (Å²) < 4.78 is 4.90. The van der Waals surface area contributed by atoms with Gasteiger partial charge in [-0.2, -0.15) is 0 Å². The topological polar surface area (TPSA) is 137 Å². The van der Waals surface area contributed by atoms with Crippen LogP contribution in [-0.4, -0.2) is 54.9 Å². The van der Waals surface area contributed by atoms with Crippen molar-refractivity contribution >= 4 is 22.5 Å². The minimum absolute atomic E-state index is 0.0578. The summed E-state index contributed by atoms with van der Waals surface area (Å²) in [7, 11) is 0. The van der Waals surface area contributed by atoms with Gasteiger partial charge >= 0.3 is 5.69 Å². The number of aryl methyl sites for hydroxylation is 2. The maximum Gasteiger partial charge on any atom is 0.332 e. The molecule has 0 aliphatic rings. The fourth-order valence-corrected chi connectivity index (χ4v) is 4.96. The number of nitrogens with two attached hydrogens (primary N) is 2. The highest BCUT2D eigenvalue weighted by molar-refractivity contribution is 5.71. The van der Waals surface area contributed by atoms with Crippen LogP contribution < -0.4 is 22.7 Å². The zero-order chi connectivity index (χ0) is 27.9. The number of aromatic nitrogens is 4. The molecule has 0 fully saturated rings. The van der Waals surface area contributed by atoms with Gasteiger partial charge in [0.25, 0.3) is 5.56 Å². The summed E-state index contributed by atoms with van der Waals surface area (Å²) in [5.74, 6) is 0.702. The van der Waals surface area contributed by atoms with Gasteiger partial charge in [-0.3, -0.25) is 18.8 Å². The molecule has 0 atom stereocenters.